The summed E-state index contributed by atoms with van der Waals surface area (Å²) in [6.07, 6.45) is 0. The molecule has 0 spiro atoms. The van der Waals surface area contributed by atoms with Gasteiger partial charge in [0.2, 0.25) is 0 Å². The van der Waals surface area contributed by atoms with Crippen LogP contribution in [-0.4, -0.2) is 36.7 Å². The first-order chi connectivity index (χ1) is 5.66. The Labute approximate surface area is 69.8 Å². The summed E-state index contributed by atoms with van der Waals surface area (Å²) in [5.41, 5.74) is 1.97. The Hall–Kier alpha value is -1.14. The molecule has 0 aromatic rings. The molecule has 12 heavy (non-hydrogen) atoms. The summed E-state index contributed by atoms with van der Waals surface area (Å²) in [7, 11) is 0. The van der Waals surface area contributed by atoms with Crippen molar-refractivity contribution in [1.82, 2.24) is 10.8 Å². The van der Waals surface area contributed by atoms with Gasteiger partial charge in [-0.1, -0.05) is 6.92 Å². The lowest BCUT2D eigenvalue weighted by atomic mass is 10.6. The van der Waals surface area contributed by atoms with E-state index in [0.29, 0.717) is 6.54 Å². The van der Waals surface area contributed by atoms with Crippen LogP contribution in [0.4, 0.5) is 0 Å². The van der Waals surface area contributed by atoms with Gasteiger partial charge in [0.25, 0.3) is 5.91 Å². The Morgan fingerprint density at radius 3 is 2.67 bits per heavy atom. The normalized spacial score (nSPS) is 9.42. The van der Waals surface area contributed by atoms with E-state index >= 15 is 0 Å². The highest BCUT2D eigenvalue weighted by atomic mass is 16.7. The minimum absolute atomic E-state index is 0.121. The quantitative estimate of drug-likeness (QED) is 0.439. The zero-order chi connectivity index (χ0) is 9.40. The molecule has 0 aliphatic rings. The number of rotatable bonds is 6. The molecule has 70 valence electrons. The fourth-order valence-corrected chi connectivity index (χ4v) is 0.453. The fraction of sp³-hybridized carbons (Fsp3) is 0.667. The van der Waals surface area contributed by atoms with Crippen LogP contribution in [-0.2, 0) is 14.4 Å². The molecule has 0 heterocycles. The number of carboxylic acids is 1. The van der Waals surface area contributed by atoms with E-state index in [9.17, 15) is 9.59 Å². The van der Waals surface area contributed by atoms with Crippen molar-refractivity contribution in [3.05, 3.63) is 0 Å². The van der Waals surface area contributed by atoms with Gasteiger partial charge in [0, 0.05) is 0 Å². The molecule has 0 fully saturated rings. The Kier molecular flexibility index (Phi) is 5.94. The molecule has 0 aliphatic carbocycles. The first-order valence-electron chi connectivity index (χ1n) is 3.50. The number of hydroxylamine groups is 1. The van der Waals surface area contributed by atoms with Crippen LogP contribution in [0.5, 0.6) is 0 Å². The summed E-state index contributed by atoms with van der Waals surface area (Å²) >= 11 is 0. The number of hydrogen-bond donors (Lipinski definition) is 3. The second kappa shape index (κ2) is 6.56. The number of carbonyl (C=O) groups excluding carboxylic acids is 1. The van der Waals surface area contributed by atoms with E-state index in [4.69, 9.17) is 5.11 Å². The van der Waals surface area contributed by atoms with Crippen molar-refractivity contribution in [2.75, 3.05) is 19.7 Å². The van der Waals surface area contributed by atoms with E-state index in [2.05, 4.69) is 10.2 Å². The maximum atomic E-state index is 10.7. The lowest BCUT2D eigenvalue weighted by Gasteiger charge is -2.03. The third-order valence-corrected chi connectivity index (χ3v) is 0.917. The van der Waals surface area contributed by atoms with E-state index in [1.807, 2.05) is 12.4 Å². The molecule has 0 unspecified atom stereocenters. The van der Waals surface area contributed by atoms with Gasteiger partial charge in [-0.2, -0.15) is 0 Å². The number of nitrogens with one attached hydrogen (secondary N) is 2. The van der Waals surface area contributed by atoms with Crippen LogP contribution >= 0.6 is 0 Å². The number of carboxylic acid groups (broad SMARTS) is 1. The summed E-state index contributed by atoms with van der Waals surface area (Å²) in [6.45, 7) is 2.12. The molecule has 0 bridgehead atoms. The summed E-state index contributed by atoms with van der Waals surface area (Å²) in [5, 5.41) is 10.9. The Morgan fingerprint density at radius 1 is 1.50 bits per heavy atom. The average molecular weight is 176 g/mol. The Balaban J connectivity index is 3.25. The molecule has 0 saturated carbocycles. The molecule has 0 radical (unpaired) electrons. The van der Waals surface area contributed by atoms with Gasteiger partial charge < -0.3 is 10.4 Å². The number of amides is 1. The highest BCUT2D eigenvalue weighted by molar-refractivity contribution is 5.77. The van der Waals surface area contributed by atoms with E-state index in [-0.39, 0.29) is 6.54 Å². The number of aliphatic carboxylic acids is 1. The number of likely N-dealkylation sites (N-methyl/N-ethyl adjacent to an activating group) is 1. The summed E-state index contributed by atoms with van der Waals surface area (Å²) < 4.78 is 0. The van der Waals surface area contributed by atoms with Gasteiger partial charge in [-0.05, 0) is 6.54 Å². The molecule has 0 atom stereocenters. The van der Waals surface area contributed by atoms with Crippen LogP contribution in [0.3, 0.4) is 0 Å². The molecule has 6 nitrogen and oxygen atoms in total. The second-order valence-electron chi connectivity index (χ2n) is 1.99. The molecule has 0 aliphatic heterocycles. The van der Waals surface area contributed by atoms with Crippen molar-refractivity contribution in [2.45, 2.75) is 6.92 Å². The van der Waals surface area contributed by atoms with Crippen LogP contribution in [0.25, 0.3) is 0 Å². The molecular weight excluding hydrogens is 164 g/mol. The molecule has 6 heteroatoms. The molecule has 0 aromatic carbocycles. The predicted octanol–water partition coefficient (Wildman–Crippen LogP) is -1.27. The first kappa shape index (κ1) is 10.9. The van der Waals surface area contributed by atoms with E-state index < -0.39 is 18.5 Å². The standard InChI is InChI=1S/C6H12N2O4/c1-2-7-3-5(9)8-12-4-6(10)11/h7H,2-4H2,1H3,(H,8,9)(H,10,11). The van der Waals surface area contributed by atoms with Crippen LogP contribution in [0.2, 0.25) is 0 Å². The zero-order valence-corrected chi connectivity index (χ0v) is 6.79. The van der Waals surface area contributed by atoms with Crippen molar-refractivity contribution in [1.29, 1.82) is 0 Å². The first-order valence-corrected chi connectivity index (χ1v) is 3.50. The second-order valence-corrected chi connectivity index (χ2v) is 1.99. The SMILES string of the molecule is CCNCC(=O)NOCC(=O)O. The van der Waals surface area contributed by atoms with Gasteiger partial charge in [0.05, 0.1) is 6.54 Å². The third-order valence-electron chi connectivity index (χ3n) is 0.917. The Bertz CT molecular complexity index is 160. The van der Waals surface area contributed by atoms with Crippen LogP contribution in [0.1, 0.15) is 6.92 Å². The monoisotopic (exact) mass is 176 g/mol. The largest absolute Gasteiger partial charge is 0.479 e. The number of carbonyl (C=O) groups is 2. The van der Waals surface area contributed by atoms with Gasteiger partial charge in [-0.3, -0.25) is 9.63 Å². The van der Waals surface area contributed by atoms with Crippen molar-refractivity contribution in [3.63, 3.8) is 0 Å². The van der Waals surface area contributed by atoms with Gasteiger partial charge >= 0.3 is 5.97 Å². The highest BCUT2D eigenvalue weighted by Crippen LogP contribution is 1.69. The predicted molar refractivity (Wildman–Crippen MR) is 40.3 cm³/mol. The lowest BCUT2D eigenvalue weighted by Crippen LogP contribution is -2.34. The topological polar surface area (TPSA) is 87.7 Å². The average Bonchev–Trinajstić information content (AvgIpc) is 2.00. The molecule has 3 N–H and O–H groups in total. The molecule has 0 saturated heterocycles. The molecule has 0 aromatic heterocycles. The van der Waals surface area contributed by atoms with Crippen LogP contribution < -0.4 is 10.8 Å². The van der Waals surface area contributed by atoms with Gasteiger partial charge in [0.1, 0.15) is 0 Å². The zero-order valence-electron chi connectivity index (χ0n) is 6.79. The lowest BCUT2D eigenvalue weighted by molar-refractivity contribution is -0.149. The molecule has 1 amide bonds. The summed E-state index contributed by atoms with van der Waals surface area (Å²) in [5.74, 6) is -1.52. The van der Waals surface area contributed by atoms with Crippen molar-refractivity contribution >= 4 is 11.9 Å². The summed E-state index contributed by atoms with van der Waals surface area (Å²) in [4.78, 5) is 24.9. The third kappa shape index (κ3) is 6.97. The van der Waals surface area contributed by atoms with Gasteiger partial charge in [0.15, 0.2) is 6.61 Å². The summed E-state index contributed by atoms with van der Waals surface area (Å²) in [6, 6.07) is 0. The van der Waals surface area contributed by atoms with Crippen molar-refractivity contribution in [3.8, 4) is 0 Å². The molecule has 0 rings (SSSR count). The molecular formula is C6H12N2O4. The van der Waals surface area contributed by atoms with Crippen molar-refractivity contribution in [2.24, 2.45) is 0 Å². The van der Waals surface area contributed by atoms with E-state index in [0.717, 1.165) is 0 Å². The Morgan fingerprint density at radius 2 is 2.17 bits per heavy atom. The van der Waals surface area contributed by atoms with E-state index in [1.165, 1.54) is 0 Å². The van der Waals surface area contributed by atoms with Gasteiger partial charge in [-0.15, -0.1) is 0 Å². The van der Waals surface area contributed by atoms with Crippen LogP contribution in [0, 0.1) is 0 Å². The fourth-order valence-electron chi connectivity index (χ4n) is 0.453. The maximum Gasteiger partial charge on any atom is 0.332 e. The maximum absolute atomic E-state index is 10.7. The number of hydrogen-bond acceptors (Lipinski definition) is 4. The van der Waals surface area contributed by atoms with Gasteiger partial charge in [-0.25, -0.2) is 10.3 Å². The highest BCUT2D eigenvalue weighted by Gasteiger charge is 2.00. The minimum Gasteiger partial charge on any atom is -0.479 e. The smallest absolute Gasteiger partial charge is 0.332 e. The minimum atomic E-state index is -1.13. The van der Waals surface area contributed by atoms with Crippen LogP contribution in [0.15, 0.2) is 0 Å². The van der Waals surface area contributed by atoms with Crippen molar-refractivity contribution < 1.29 is 19.5 Å². The van der Waals surface area contributed by atoms with E-state index in [1.54, 1.807) is 0 Å².